The Kier molecular flexibility index (Phi) is 5.95. The molecule has 0 amide bonds. The largest absolute Gasteiger partial charge is 0.467 e. The minimum Gasteiger partial charge on any atom is -0.467 e. The Morgan fingerprint density at radius 3 is 2.68 bits per heavy atom. The lowest BCUT2D eigenvalue weighted by Crippen LogP contribution is -2.28. The predicted octanol–water partition coefficient (Wildman–Crippen LogP) is 3.44. The average molecular weight is 403 g/mol. The Hall–Kier alpha value is -3.33. The third-order valence-corrected chi connectivity index (χ3v) is 4.03. The number of methoxy groups -OCH3 is 1. The van der Waals surface area contributed by atoms with Gasteiger partial charge in [-0.05, 0) is 25.1 Å². The molecular weight excluding hydrogens is 387 g/mol. The zero-order valence-corrected chi connectivity index (χ0v) is 15.7. The van der Waals surface area contributed by atoms with E-state index < -0.39 is 17.8 Å². The van der Waals surface area contributed by atoms with Crippen LogP contribution < -0.4 is 10.6 Å². The van der Waals surface area contributed by atoms with Gasteiger partial charge in [-0.2, -0.15) is 4.98 Å². The van der Waals surface area contributed by atoms with E-state index in [1.54, 1.807) is 25.5 Å². The molecule has 0 unspecified atom stereocenters. The first-order valence-electron chi connectivity index (χ1n) is 8.17. The molecule has 144 valence electrons. The maximum atomic E-state index is 13.3. The van der Waals surface area contributed by atoms with E-state index in [0.717, 1.165) is 0 Å². The molecule has 0 aliphatic rings. The number of hydrogen-bond donors (Lipinski definition) is 2. The van der Waals surface area contributed by atoms with Crippen molar-refractivity contribution in [3.8, 4) is 11.1 Å². The summed E-state index contributed by atoms with van der Waals surface area (Å²) < 4.78 is 18.1. The quantitative estimate of drug-likeness (QED) is 0.604. The van der Waals surface area contributed by atoms with E-state index in [2.05, 4.69) is 30.6 Å². The summed E-state index contributed by atoms with van der Waals surface area (Å²) >= 11 is 5.80. The van der Waals surface area contributed by atoms with Gasteiger partial charge in [0, 0.05) is 35.4 Å². The van der Waals surface area contributed by atoms with Gasteiger partial charge < -0.3 is 15.4 Å². The number of hydrogen-bond acceptors (Lipinski definition) is 8. The lowest BCUT2D eigenvalue weighted by Gasteiger charge is -2.16. The highest BCUT2D eigenvalue weighted by Crippen LogP contribution is 2.28. The maximum absolute atomic E-state index is 13.3. The molecule has 0 aliphatic carbocycles. The van der Waals surface area contributed by atoms with Gasteiger partial charge in [0.2, 0.25) is 5.95 Å². The number of nitrogens with zero attached hydrogens (tertiary/aromatic N) is 4. The van der Waals surface area contributed by atoms with Gasteiger partial charge in [-0.25, -0.2) is 24.1 Å². The topological polar surface area (TPSA) is 102 Å². The fraction of sp³-hybridized carbons (Fsp3) is 0.167. The van der Waals surface area contributed by atoms with Crippen LogP contribution in [-0.2, 0) is 9.53 Å². The molecule has 0 radical (unpaired) electrons. The third kappa shape index (κ3) is 4.49. The number of esters is 1. The van der Waals surface area contributed by atoms with Crippen molar-refractivity contribution in [1.29, 1.82) is 0 Å². The summed E-state index contributed by atoms with van der Waals surface area (Å²) in [6.45, 7) is 1.64. The molecule has 2 heterocycles. The van der Waals surface area contributed by atoms with E-state index in [1.165, 1.54) is 31.6 Å². The number of aromatic nitrogens is 4. The van der Waals surface area contributed by atoms with Gasteiger partial charge in [0.05, 0.1) is 12.1 Å². The molecular formula is C18H16ClFN6O2. The molecule has 0 aliphatic heterocycles. The molecule has 1 aromatic carbocycles. The molecule has 0 saturated carbocycles. The van der Waals surface area contributed by atoms with E-state index >= 15 is 0 Å². The van der Waals surface area contributed by atoms with E-state index in [9.17, 15) is 9.18 Å². The van der Waals surface area contributed by atoms with E-state index in [0.29, 0.717) is 22.6 Å². The Morgan fingerprint density at radius 2 is 2.00 bits per heavy atom. The highest BCUT2D eigenvalue weighted by molar-refractivity contribution is 6.31. The average Bonchev–Trinajstić information content (AvgIpc) is 2.71. The zero-order chi connectivity index (χ0) is 20.1. The van der Waals surface area contributed by atoms with Gasteiger partial charge in [0.1, 0.15) is 24.0 Å². The van der Waals surface area contributed by atoms with Crippen LogP contribution in [0.25, 0.3) is 11.1 Å². The van der Waals surface area contributed by atoms with Crippen molar-refractivity contribution >= 4 is 35.0 Å². The molecule has 0 spiro atoms. The number of carbonyl (C=O) groups is 1. The number of carbonyl (C=O) groups excluding carboxylic acids is 1. The summed E-state index contributed by atoms with van der Waals surface area (Å²) in [5, 5.41) is 5.92. The summed E-state index contributed by atoms with van der Waals surface area (Å²) in [6.07, 6.45) is 6.17. The zero-order valence-electron chi connectivity index (χ0n) is 15.0. The second-order valence-corrected chi connectivity index (χ2v) is 6.13. The van der Waals surface area contributed by atoms with Crippen molar-refractivity contribution < 1.29 is 13.9 Å². The van der Waals surface area contributed by atoms with Crippen LogP contribution in [-0.4, -0.2) is 39.1 Å². The fourth-order valence-corrected chi connectivity index (χ4v) is 2.53. The molecule has 3 aromatic rings. The number of anilines is 3. The first kappa shape index (κ1) is 19.4. The van der Waals surface area contributed by atoms with E-state index in [4.69, 9.17) is 16.3 Å². The molecule has 10 heteroatoms. The van der Waals surface area contributed by atoms with E-state index in [1.807, 2.05) is 0 Å². The SMILES string of the molecule is COC(=O)[C@@H](C)Nc1nc(Nc2ccc(F)c(Cl)c2)ncc1-c1cncnc1. The Labute approximate surface area is 165 Å². The lowest BCUT2D eigenvalue weighted by atomic mass is 10.1. The van der Waals surface area contributed by atoms with Crippen molar-refractivity contribution in [3.05, 3.63) is 54.0 Å². The van der Waals surface area contributed by atoms with Gasteiger partial charge >= 0.3 is 5.97 Å². The Morgan fingerprint density at radius 1 is 1.25 bits per heavy atom. The van der Waals surface area contributed by atoms with Crippen LogP contribution in [0.15, 0.2) is 43.1 Å². The summed E-state index contributed by atoms with van der Waals surface area (Å²) in [5.74, 6) is -0.378. The summed E-state index contributed by atoms with van der Waals surface area (Å²) in [7, 11) is 1.30. The number of rotatable bonds is 6. The van der Waals surface area contributed by atoms with Gasteiger partial charge in [-0.15, -0.1) is 0 Å². The molecule has 1 atom stereocenters. The van der Waals surface area contributed by atoms with Crippen LogP contribution in [0.1, 0.15) is 6.92 Å². The Bertz CT molecular complexity index is 989. The first-order valence-corrected chi connectivity index (χ1v) is 8.54. The summed E-state index contributed by atoms with van der Waals surface area (Å²) in [5.41, 5.74) is 1.77. The van der Waals surface area contributed by atoms with Crippen LogP contribution in [0.5, 0.6) is 0 Å². The maximum Gasteiger partial charge on any atom is 0.328 e. The molecule has 2 aromatic heterocycles. The monoisotopic (exact) mass is 402 g/mol. The number of nitrogens with one attached hydrogen (secondary N) is 2. The van der Waals surface area contributed by atoms with Crippen molar-refractivity contribution in [2.45, 2.75) is 13.0 Å². The van der Waals surface area contributed by atoms with Gasteiger partial charge in [0.15, 0.2) is 0 Å². The number of benzene rings is 1. The molecule has 28 heavy (non-hydrogen) atoms. The van der Waals surface area contributed by atoms with Gasteiger partial charge in [-0.1, -0.05) is 11.6 Å². The molecule has 2 N–H and O–H groups in total. The lowest BCUT2D eigenvalue weighted by molar-refractivity contribution is -0.141. The highest BCUT2D eigenvalue weighted by atomic mass is 35.5. The van der Waals surface area contributed by atoms with Crippen LogP contribution in [0.2, 0.25) is 5.02 Å². The highest BCUT2D eigenvalue weighted by Gasteiger charge is 2.18. The molecule has 3 rings (SSSR count). The Balaban J connectivity index is 1.95. The van der Waals surface area contributed by atoms with Crippen LogP contribution in [0, 0.1) is 5.82 Å². The van der Waals surface area contributed by atoms with Crippen molar-refractivity contribution in [3.63, 3.8) is 0 Å². The third-order valence-electron chi connectivity index (χ3n) is 3.74. The fourth-order valence-electron chi connectivity index (χ4n) is 2.35. The van der Waals surface area contributed by atoms with Crippen LogP contribution in [0.4, 0.5) is 21.8 Å². The van der Waals surface area contributed by atoms with E-state index in [-0.39, 0.29) is 11.0 Å². The number of ether oxygens (including phenoxy) is 1. The van der Waals surface area contributed by atoms with Crippen LogP contribution in [0.3, 0.4) is 0 Å². The normalized spacial score (nSPS) is 11.6. The van der Waals surface area contributed by atoms with Gasteiger partial charge in [0.25, 0.3) is 0 Å². The van der Waals surface area contributed by atoms with Crippen LogP contribution >= 0.6 is 11.6 Å². The van der Waals surface area contributed by atoms with Crippen molar-refractivity contribution in [1.82, 2.24) is 19.9 Å². The number of halogens is 2. The minimum atomic E-state index is -0.656. The van der Waals surface area contributed by atoms with Crippen molar-refractivity contribution in [2.75, 3.05) is 17.7 Å². The summed E-state index contributed by atoms with van der Waals surface area (Å²) in [6, 6.07) is 3.51. The second-order valence-electron chi connectivity index (χ2n) is 5.73. The smallest absolute Gasteiger partial charge is 0.328 e. The summed E-state index contributed by atoms with van der Waals surface area (Å²) in [4.78, 5) is 28.5. The molecule has 0 fully saturated rings. The standard InChI is InChI=1S/C18H16ClFN6O2/c1-10(17(27)28-2)24-16-13(11-6-21-9-22-7-11)8-23-18(26-16)25-12-3-4-15(20)14(19)5-12/h3-10H,1-2H3,(H2,23,24,25,26)/t10-/m1/s1. The molecule has 0 bridgehead atoms. The van der Waals surface area contributed by atoms with Gasteiger partial charge in [-0.3, -0.25) is 0 Å². The molecule has 8 nitrogen and oxygen atoms in total. The molecule has 0 saturated heterocycles. The first-order chi connectivity index (χ1) is 13.5. The predicted molar refractivity (Wildman–Crippen MR) is 103 cm³/mol. The minimum absolute atomic E-state index is 0.0271. The van der Waals surface area contributed by atoms with Crippen molar-refractivity contribution in [2.24, 2.45) is 0 Å². The second kappa shape index (κ2) is 8.57.